The van der Waals surface area contributed by atoms with Crippen molar-refractivity contribution in [1.29, 1.82) is 0 Å². The summed E-state index contributed by atoms with van der Waals surface area (Å²) in [7, 11) is 1.46. The maximum Gasteiger partial charge on any atom is 0.343 e. The van der Waals surface area contributed by atoms with Crippen molar-refractivity contribution in [2.75, 3.05) is 13.7 Å². The predicted octanol–water partition coefficient (Wildman–Crippen LogP) is 4.41. The van der Waals surface area contributed by atoms with Crippen LogP contribution in [0.15, 0.2) is 71.8 Å². The molecule has 0 spiro atoms. The van der Waals surface area contributed by atoms with Crippen molar-refractivity contribution in [3.63, 3.8) is 0 Å². The highest BCUT2D eigenvalue weighted by atomic mass is 35.5. The van der Waals surface area contributed by atoms with Crippen LogP contribution in [0.3, 0.4) is 0 Å². The van der Waals surface area contributed by atoms with E-state index in [2.05, 4.69) is 10.5 Å². The Kier molecular flexibility index (Phi) is 7.83. The van der Waals surface area contributed by atoms with Crippen molar-refractivity contribution in [3.05, 3.63) is 88.4 Å². The third-order valence-corrected chi connectivity index (χ3v) is 4.52. The number of benzene rings is 3. The Bertz CT molecular complexity index is 1110. The van der Waals surface area contributed by atoms with E-state index in [-0.39, 0.29) is 12.4 Å². The minimum atomic E-state index is -0.540. The first kappa shape index (κ1) is 22.8. The number of hydrogen-bond acceptors (Lipinski definition) is 6. The molecular weight excluding hydrogens is 432 g/mol. The Balaban J connectivity index is 1.55. The van der Waals surface area contributed by atoms with Gasteiger partial charge in [-0.25, -0.2) is 10.2 Å². The van der Waals surface area contributed by atoms with Crippen molar-refractivity contribution in [2.24, 2.45) is 5.10 Å². The lowest BCUT2D eigenvalue weighted by molar-refractivity contribution is -0.123. The maximum absolute atomic E-state index is 12.3. The zero-order valence-electron chi connectivity index (χ0n) is 17.5. The first-order valence-corrected chi connectivity index (χ1v) is 9.99. The first-order chi connectivity index (χ1) is 15.4. The lowest BCUT2D eigenvalue weighted by Crippen LogP contribution is -2.24. The second-order valence-electron chi connectivity index (χ2n) is 6.70. The topological polar surface area (TPSA) is 86.2 Å². The zero-order chi connectivity index (χ0) is 22.9. The zero-order valence-corrected chi connectivity index (χ0v) is 18.3. The number of hydrogen-bond donors (Lipinski definition) is 1. The van der Waals surface area contributed by atoms with Gasteiger partial charge in [-0.15, -0.1) is 0 Å². The number of amides is 1. The third-order valence-electron chi connectivity index (χ3n) is 4.26. The predicted molar refractivity (Wildman–Crippen MR) is 122 cm³/mol. The van der Waals surface area contributed by atoms with Gasteiger partial charge in [-0.05, 0) is 67.1 Å². The standard InChI is InChI=1S/C24H21ClN2O5/c1-16-3-10-20(11-4-16)31-15-23(28)27-26-14-17-5-12-21(22(13-17)30-2)32-24(29)18-6-8-19(25)9-7-18/h3-14H,15H2,1-2H3,(H,27,28)/b26-14-. The summed E-state index contributed by atoms with van der Waals surface area (Å²) in [6.07, 6.45) is 1.44. The molecule has 0 aliphatic heterocycles. The molecule has 164 valence electrons. The highest BCUT2D eigenvalue weighted by molar-refractivity contribution is 6.30. The average molecular weight is 453 g/mol. The molecule has 0 radical (unpaired) electrons. The second-order valence-corrected chi connectivity index (χ2v) is 7.14. The number of rotatable bonds is 8. The van der Waals surface area contributed by atoms with Crippen LogP contribution in [0, 0.1) is 6.92 Å². The van der Waals surface area contributed by atoms with Gasteiger partial charge in [0.2, 0.25) is 0 Å². The van der Waals surface area contributed by atoms with Gasteiger partial charge in [0.25, 0.3) is 5.91 Å². The molecule has 0 fully saturated rings. The molecule has 0 bridgehead atoms. The normalized spacial score (nSPS) is 10.6. The van der Waals surface area contributed by atoms with Gasteiger partial charge in [-0.2, -0.15) is 5.10 Å². The van der Waals surface area contributed by atoms with Crippen LogP contribution in [0.2, 0.25) is 5.02 Å². The van der Waals surface area contributed by atoms with Crippen LogP contribution >= 0.6 is 11.6 Å². The molecule has 8 heteroatoms. The Morgan fingerprint density at radius 3 is 2.41 bits per heavy atom. The van der Waals surface area contributed by atoms with E-state index in [0.717, 1.165) is 5.56 Å². The molecule has 0 atom stereocenters. The highest BCUT2D eigenvalue weighted by Gasteiger charge is 2.13. The minimum absolute atomic E-state index is 0.163. The maximum atomic E-state index is 12.3. The SMILES string of the molecule is COc1cc(/C=N\NC(=O)COc2ccc(C)cc2)ccc1OC(=O)c1ccc(Cl)cc1. The summed E-state index contributed by atoms with van der Waals surface area (Å²) in [5.74, 6) is 0.248. The van der Waals surface area contributed by atoms with E-state index in [0.29, 0.717) is 27.6 Å². The Labute approximate surface area is 190 Å². The number of aryl methyl sites for hydroxylation is 1. The molecule has 3 aromatic carbocycles. The smallest absolute Gasteiger partial charge is 0.343 e. The largest absolute Gasteiger partial charge is 0.493 e. The van der Waals surface area contributed by atoms with E-state index in [4.69, 9.17) is 25.8 Å². The van der Waals surface area contributed by atoms with Crippen LogP contribution in [0.5, 0.6) is 17.2 Å². The number of nitrogens with one attached hydrogen (secondary N) is 1. The van der Waals surface area contributed by atoms with Crippen LogP contribution in [-0.4, -0.2) is 31.8 Å². The number of carbonyl (C=O) groups is 2. The van der Waals surface area contributed by atoms with E-state index in [1.165, 1.54) is 13.3 Å². The van der Waals surface area contributed by atoms with Gasteiger partial charge in [0.1, 0.15) is 5.75 Å². The molecule has 7 nitrogen and oxygen atoms in total. The molecule has 1 amide bonds. The first-order valence-electron chi connectivity index (χ1n) is 9.62. The molecule has 0 heterocycles. The van der Waals surface area contributed by atoms with Crippen molar-refractivity contribution >= 4 is 29.7 Å². The molecule has 3 aromatic rings. The fourth-order valence-electron chi connectivity index (χ4n) is 2.59. The number of halogens is 1. The van der Waals surface area contributed by atoms with Crippen molar-refractivity contribution in [2.45, 2.75) is 6.92 Å². The van der Waals surface area contributed by atoms with Gasteiger partial charge in [0, 0.05) is 5.02 Å². The summed E-state index contributed by atoms with van der Waals surface area (Å²) >= 11 is 5.84. The second kappa shape index (κ2) is 11.0. The molecule has 32 heavy (non-hydrogen) atoms. The Morgan fingerprint density at radius 1 is 1.00 bits per heavy atom. The summed E-state index contributed by atoms with van der Waals surface area (Å²) in [6, 6.07) is 18.6. The quantitative estimate of drug-likeness (QED) is 0.237. The Hall–Kier alpha value is -3.84. The minimum Gasteiger partial charge on any atom is -0.493 e. The monoisotopic (exact) mass is 452 g/mol. The number of ether oxygens (including phenoxy) is 3. The summed E-state index contributed by atoms with van der Waals surface area (Å²) < 4.78 is 16.1. The summed E-state index contributed by atoms with van der Waals surface area (Å²) in [6.45, 7) is 1.81. The van der Waals surface area contributed by atoms with Gasteiger partial charge >= 0.3 is 5.97 Å². The number of nitrogens with zero attached hydrogens (tertiary/aromatic N) is 1. The van der Waals surface area contributed by atoms with Crippen LogP contribution in [0.4, 0.5) is 0 Å². The van der Waals surface area contributed by atoms with Gasteiger partial charge in [0.15, 0.2) is 18.1 Å². The highest BCUT2D eigenvalue weighted by Crippen LogP contribution is 2.28. The van der Waals surface area contributed by atoms with Gasteiger partial charge in [0.05, 0.1) is 18.9 Å². The lowest BCUT2D eigenvalue weighted by Gasteiger charge is -2.10. The fourth-order valence-corrected chi connectivity index (χ4v) is 2.71. The van der Waals surface area contributed by atoms with Crippen molar-refractivity contribution in [1.82, 2.24) is 5.43 Å². The number of methoxy groups -OCH3 is 1. The van der Waals surface area contributed by atoms with Crippen LogP contribution in [-0.2, 0) is 4.79 Å². The number of hydrazone groups is 1. The molecule has 0 saturated carbocycles. The van der Waals surface area contributed by atoms with E-state index >= 15 is 0 Å². The summed E-state index contributed by atoms with van der Waals surface area (Å²) in [5, 5.41) is 4.43. The summed E-state index contributed by atoms with van der Waals surface area (Å²) in [4.78, 5) is 24.2. The Morgan fingerprint density at radius 2 is 1.72 bits per heavy atom. The van der Waals surface area contributed by atoms with Crippen LogP contribution in [0.25, 0.3) is 0 Å². The fraction of sp³-hybridized carbons (Fsp3) is 0.125. The van der Waals surface area contributed by atoms with E-state index in [1.807, 2.05) is 19.1 Å². The average Bonchev–Trinajstić information content (AvgIpc) is 2.80. The number of carbonyl (C=O) groups excluding carboxylic acids is 2. The molecule has 0 saturated heterocycles. The van der Waals surface area contributed by atoms with E-state index in [1.54, 1.807) is 54.6 Å². The molecule has 1 N–H and O–H groups in total. The molecule has 0 aliphatic rings. The molecule has 0 aliphatic carbocycles. The van der Waals surface area contributed by atoms with Crippen LogP contribution < -0.4 is 19.6 Å². The van der Waals surface area contributed by atoms with E-state index < -0.39 is 11.9 Å². The van der Waals surface area contributed by atoms with Gasteiger partial charge in [-0.1, -0.05) is 29.3 Å². The molecule has 0 unspecified atom stereocenters. The van der Waals surface area contributed by atoms with Crippen molar-refractivity contribution < 1.29 is 23.8 Å². The van der Waals surface area contributed by atoms with E-state index in [9.17, 15) is 9.59 Å². The molecule has 3 rings (SSSR count). The lowest BCUT2D eigenvalue weighted by atomic mass is 10.2. The molecule has 0 aromatic heterocycles. The summed E-state index contributed by atoms with van der Waals surface area (Å²) in [5.41, 5.74) is 4.49. The molecular formula is C24H21ClN2O5. The number of esters is 1. The third kappa shape index (κ3) is 6.58. The van der Waals surface area contributed by atoms with Gasteiger partial charge in [-0.3, -0.25) is 4.79 Å². The van der Waals surface area contributed by atoms with Crippen molar-refractivity contribution in [3.8, 4) is 17.2 Å². The van der Waals surface area contributed by atoms with Crippen LogP contribution in [0.1, 0.15) is 21.5 Å². The van der Waals surface area contributed by atoms with Gasteiger partial charge < -0.3 is 14.2 Å².